The molecular formula is C13H18N2O3S. The summed E-state index contributed by atoms with van der Waals surface area (Å²) in [5.74, 6) is -0.689. The van der Waals surface area contributed by atoms with E-state index in [1.807, 2.05) is 12.3 Å². The second-order valence-electron chi connectivity index (χ2n) is 5.06. The average Bonchev–Trinajstić information content (AvgIpc) is 2.74. The molecule has 0 radical (unpaired) electrons. The zero-order valence-corrected chi connectivity index (χ0v) is 11.7. The summed E-state index contributed by atoms with van der Waals surface area (Å²) < 4.78 is 0. The van der Waals surface area contributed by atoms with E-state index in [0.29, 0.717) is 13.1 Å². The molecule has 1 unspecified atom stereocenters. The molecule has 104 valence electrons. The Morgan fingerprint density at radius 3 is 2.89 bits per heavy atom. The van der Waals surface area contributed by atoms with Gasteiger partial charge >= 0.3 is 12.0 Å². The van der Waals surface area contributed by atoms with Gasteiger partial charge in [-0.2, -0.15) is 11.3 Å². The minimum Gasteiger partial charge on any atom is -0.481 e. The van der Waals surface area contributed by atoms with Crippen molar-refractivity contribution >= 4 is 23.3 Å². The maximum Gasteiger partial charge on any atom is 0.317 e. The molecule has 2 N–H and O–H groups in total. The van der Waals surface area contributed by atoms with Gasteiger partial charge < -0.3 is 15.3 Å². The normalized spacial score (nSPS) is 16.8. The van der Waals surface area contributed by atoms with Crippen molar-refractivity contribution in [1.82, 2.24) is 10.2 Å². The zero-order valence-electron chi connectivity index (χ0n) is 10.8. The smallest absolute Gasteiger partial charge is 0.317 e. The van der Waals surface area contributed by atoms with Crippen LogP contribution < -0.4 is 5.32 Å². The highest BCUT2D eigenvalue weighted by Gasteiger charge is 2.32. The minimum atomic E-state index is -0.795. The summed E-state index contributed by atoms with van der Waals surface area (Å²) in [6.07, 6.45) is 0.968. The van der Waals surface area contributed by atoms with Crippen LogP contribution in [0.2, 0.25) is 0 Å². The average molecular weight is 282 g/mol. The molecule has 19 heavy (non-hydrogen) atoms. The highest BCUT2D eigenvalue weighted by Crippen LogP contribution is 2.19. The Morgan fingerprint density at radius 1 is 1.58 bits per heavy atom. The van der Waals surface area contributed by atoms with Gasteiger partial charge in [-0.25, -0.2) is 4.79 Å². The molecule has 6 heteroatoms. The number of carbonyl (C=O) groups is 2. The maximum atomic E-state index is 11.9. The minimum absolute atomic E-state index is 0.0839. The standard InChI is InChI=1S/C13H18N2O3S/c1-9(4-10-2-3-19-8-10)14-13(18)15-6-11(7-15)5-12(16)17/h2-3,8-9,11H,4-7H2,1H3,(H,14,18)(H,16,17). The molecule has 0 spiro atoms. The van der Waals surface area contributed by atoms with Gasteiger partial charge in [0.2, 0.25) is 0 Å². The Kier molecular flexibility index (Phi) is 4.42. The van der Waals surface area contributed by atoms with Gasteiger partial charge in [0.1, 0.15) is 0 Å². The molecule has 0 saturated carbocycles. The molecule has 0 aromatic carbocycles. The number of hydrogen-bond acceptors (Lipinski definition) is 3. The third-order valence-electron chi connectivity index (χ3n) is 3.20. The number of nitrogens with zero attached hydrogens (tertiary/aromatic N) is 1. The van der Waals surface area contributed by atoms with Gasteiger partial charge in [-0.1, -0.05) is 0 Å². The molecule has 1 aliphatic rings. The Hall–Kier alpha value is -1.56. The van der Waals surface area contributed by atoms with Crippen LogP contribution in [-0.2, 0) is 11.2 Å². The van der Waals surface area contributed by atoms with Gasteiger partial charge in [0.05, 0.1) is 6.42 Å². The van der Waals surface area contributed by atoms with E-state index in [4.69, 9.17) is 5.11 Å². The first kappa shape index (κ1) is 13.9. The second kappa shape index (κ2) is 6.06. The van der Waals surface area contributed by atoms with E-state index in [-0.39, 0.29) is 24.4 Å². The van der Waals surface area contributed by atoms with E-state index < -0.39 is 5.97 Å². The molecule has 2 heterocycles. The van der Waals surface area contributed by atoms with E-state index >= 15 is 0 Å². The number of urea groups is 1. The van der Waals surface area contributed by atoms with Crippen molar-refractivity contribution in [1.29, 1.82) is 0 Å². The molecule has 2 rings (SSSR count). The SMILES string of the molecule is CC(Cc1ccsc1)NC(=O)N1CC(CC(=O)O)C1. The van der Waals surface area contributed by atoms with Crippen molar-refractivity contribution in [2.24, 2.45) is 5.92 Å². The number of amides is 2. The van der Waals surface area contributed by atoms with Crippen molar-refractivity contribution in [2.75, 3.05) is 13.1 Å². The number of carboxylic acid groups (broad SMARTS) is 1. The fourth-order valence-corrected chi connectivity index (χ4v) is 2.91. The second-order valence-corrected chi connectivity index (χ2v) is 5.84. The summed E-state index contributed by atoms with van der Waals surface area (Å²) in [6.45, 7) is 3.07. The van der Waals surface area contributed by atoms with Gasteiger partial charge in [-0.15, -0.1) is 0 Å². The zero-order chi connectivity index (χ0) is 13.8. The van der Waals surface area contributed by atoms with E-state index in [1.54, 1.807) is 16.2 Å². The highest BCUT2D eigenvalue weighted by molar-refractivity contribution is 7.07. The first-order chi connectivity index (χ1) is 9.04. The fourth-order valence-electron chi connectivity index (χ4n) is 2.23. The lowest BCUT2D eigenvalue weighted by atomic mass is 9.97. The first-order valence-electron chi connectivity index (χ1n) is 6.33. The molecule has 2 amide bonds. The number of likely N-dealkylation sites (tertiary alicyclic amines) is 1. The third-order valence-corrected chi connectivity index (χ3v) is 3.93. The molecule has 1 fully saturated rings. The number of aliphatic carboxylic acids is 1. The number of carbonyl (C=O) groups excluding carboxylic acids is 1. The summed E-state index contributed by atoms with van der Waals surface area (Å²) in [4.78, 5) is 24.0. The molecule has 1 aromatic rings. The number of carboxylic acids is 1. The Labute approximate surface area is 116 Å². The van der Waals surface area contributed by atoms with Crippen LogP contribution in [0.4, 0.5) is 4.79 Å². The molecule has 0 aliphatic carbocycles. The Balaban J connectivity index is 1.69. The number of hydrogen-bond donors (Lipinski definition) is 2. The van der Waals surface area contributed by atoms with E-state index in [0.717, 1.165) is 6.42 Å². The summed E-state index contributed by atoms with van der Waals surface area (Å²) in [6, 6.07) is 2.05. The van der Waals surface area contributed by atoms with Gasteiger partial charge in [-0.05, 0) is 35.7 Å². The van der Waals surface area contributed by atoms with Gasteiger partial charge in [0.25, 0.3) is 0 Å². The number of rotatable bonds is 5. The molecule has 1 aromatic heterocycles. The lowest BCUT2D eigenvalue weighted by Crippen LogP contribution is -2.55. The lowest BCUT2D eigenvalue weighted by molar-refractivity contribution is -0.139. The molecular weight excluding hydrogens is 264 g/mol. The van der Waals surface area contributed by atoms with Crippen LogP contribution in [0.25, 0.3) is 0 Å². The van der Waals surface area contributed by atoms with E-state index in [1.165, 1.54) is 5.56 Å². The lowest BCUT2D eigenvalue weighted by Gasteiger charge is -2.39. The van der Waals surface area contributed by atoms with Crippen molar-refractivity contribution in [3.05, 3.63) is 22.4 Å². The van der Waals surface area contributed by atoms with Crippen LogP contribution in [0.5, 0.6) is 0 Å². The predicted octanol–water partition coefficient (Wildman–Crippen LogP) is 1.80. The molecule has 1 saturated heterocycles. The van der Waals surface area contributed by atoms with Crippen molar-refractivity contribution in [3.63, 3.8) is 0 Å². The number of nitrogens with one attached hydrogen (secondary N) is 1. The Morgan fingerprint density at radius 2 is 2.32 bits per heavy atom. The van der Waals surface area contributed by atoms with Crippen molar-refractivity contribution in [3.8, 4) is 0 Å². The summed E-state index contributed by atoms with van der Waals surface area (Å²) in [7, 11) is 0. The van der Waals surface area contributed by atoms with Gasteiger partial charge in [0, 0.05) is 25.0 Å². The predicted molar refractivity (Wildman–Crippen MR) is 73.3 cm³/mol. The first-order valence-corrected chi connectivity index (χ1v) is 7.27. The highest BCUT2D eigenvalue weighted by atomic mass is 32.1. The van der Waals surface area contributed by atoms with Crippen LogP contribution in [0.3, 0.4) is 0 Å². The topological polar surface area (TPSA) is 69.6 Å². The summed E-state index contributed by atoms with van der Waals surface area (Å²) in [5.41, 5.74) is 1.23. The van der Waals surface area contributed by atoms with Gasteiger partial charge in [0.15, 0.2) is 0 Å². The largest absolute Gasteiger partial charge is 0.481 e. The van der Waals surface area contributed by atoms with Crippen LogP contribution in [0.15, 0.2) is 16.8 Å². The van der Waals surface area contributed by atoms with Crippen LogP contribution in [0.1, 0.15) is 18.9 Å². The van der Waals surface area contributed by atoms with Crippen LogP contribution in [0, 0.1) is 5.92 Å². The monoisotopic (exact) mass is 282 g/mol. The van der Waals surface area contributed by atoms with Crippen molar-refractivity contribution in [2.45, 2.75) is 25.8 Å². The molecule has 1 atom stereocenters. The Bertz CT molecular complexity index is 441. The fraction of sp³-hybridized carbons (Fsp3) is 0.538. The molecule has 1 aliphatic heterocycles. The molecule has 5 nitrogen and oxygen atoms in total. The van der Waals surface area contributed by atoms with Crippen molar-refractivity contribution < 1.29 is 14.7 Å². The van der Waals surface area contributed by atoms with Crippen LogP contribution >= 0.6 is 11.3 Å². The third kappa shape index (κ3) is 3.96. The van der Waals surface area contributed by atoms with E-state index in [2.05, 4.69) is 16.8 Å². The number of thiophene rings is 1. The summed E-state index contributed by atoms with van der Waals surface area (Å²) in [5, 5.41) is 15.7. The maximum absolute atomic E-state index is 11.9. The summed E-state index contributed by atoms with van der Waals surface area (Å²) >= 11 is 1.65. The van der Waals surface area contributed by atoms with Crippen LogP contribution in [-0.4, -0.2) is 41.1 Å². The quantitative estimate of drug-likeness (QED) is 0.865. The van der Waals surface area contributed by atoms with Gasteiger partial charge in [-0.3, -0.25) is 4.79 Å². The van der Waals surface area contributed by atoms with E-state index in [9.17, 15) is 9.59 Å². The molecule has 0 bridgehead atoms.